The van der Waals surface area contributed by atoms with Crippen LogP contribution >= 0.6 is 0 Å². The van der Waals surface area contributed by atoms with Crippen LogP contribution < -0.4 is 9.47 Å². The lowest BCUT2D eigenvalue weighted by Gasteiger charge is -2.17. The molecule has 0 radical (unpaired) electrons. The van der Waals surface area contributed by atoms with Crippen LogP contribution in [0.1, 0.15) is 17.2 Å². The van der Waals surface area contributed by atoms with E-state index in [1.165, 1.54) is 20.3 Å². The maximum absolute atomic E-state index is 12.0. The average molecular weight is 294 g/mol. The minimum Gasteiger partial charge on any atom is -0.493 e. The number of hydrogen-bond donors (Lipinski definition) is 1. The van der Waals surface area contributed by atoms with Gasteiger partial charge in [0.1, 0.15) is 12.7 Å². The Hall–Kier alpha value is -1.47. The second-order valence-corrected chi connectivity index (χ2v) is 4.21. The number of ether oxygens (including phenoxy) is 3. The Bertz CT molecular complexity index is 446. The summed E-state index contributed by atoms with van der Waals surface area (Å²) in [5.41, 5.74) is 1.11. The Kier molecular flexibility index (Phi) is 5.64. The summed E-state index contributed by atoms with van der Waals surface area (Å²) in [7, 11) is 2.91. The molecule has 0 saturated heterocycles. The highest BCUT2D eigenvalue weighted by Gasteiger charge is 2.28. The Morgan fingerprint density at radius 3 is 2.20 bits per heavy atom. The third-order valence-electron chi connectivity index (χ3n) is 2.67. The molecule has 1 N–H and O–H groups in total. The number of aliphatic hydroxyl groups excluding tert-OH is 1. The zero-order valence-electron chi connectivity index (χ0n) is 11.5. The first kappa shape index (κ1) is 16.6. The first-order valence-electron chi connectivity index (χ1n) is 5.83. The van der Waals surface area contributed by atoms with Gasteiger partial charge >= 0.3 is 6.18 Å². The first-order chi connectivity index (χ1) is 9.28. The number of halogens is 3. The van der Waals surface area contributed by atoms with Gasteiger partial charge in [-0.2, -0.15) is 13.2 Å². The normalized spacial score (nSPS) is 13.2. The molecule has 0 heterocycles. The van der Waals surface area contributed by atoms with Crippen molar-refractivity contribution in [3.63, 3.8) is 0 Å². The molecule has 4 nitrogen and oxygen atoms in total. The largest absolute Gasteiger partial charge is 0.493 e. The fourth-order valence-electron chi connectivity index (χ4n) is 1.73. The smallest absolute Gasteiger partial charge is 0.411 e. The van der Waals surface area contributed by atoms with Crippen LogP contribution in [0.3, 0.4) is 0 Å². The number of alkyl halides is 3. The van der Waals surface area contributed by atoms with Gasteiger partial charge in [-0.15, -0.1) is 0 Å². The third kappa shape index (κ3) is 4.57. The molecule has 1 aromatic carbocycles. The van der Waals surface area contributed by atoms with E-state index >= 15 is 0 Å². The molecule has 0 aromatic heterocycles. The SMILES string of the molecule is COc1cc(C)c(C(O)COCC(F)(F)F)cc1OC. The fraction of sp³-hybridized carbons (Fsp3) is 0.538. The van der Waals surface area contributed by atoms with Crippen LogP contribution in [0.5, 0.6) is 11.5 Å². The molecular formula is C13H17F3O4. The molecule has 0 aliphatic heterocycles. The molecule has 1 atom stereocenters. The van der Waals surface area contributed by atoms with Crippen LogP contribution in [0, 0.1) is 6.92 Å². The molecule has 0 fully saturated rings. The van der Waals surface area contributed by atoms with E-state index in [0.717, 1.165) is 0 Å². The lowest BCUT2D eigenvalue weighted by atomic mass is 10.0. The van der Waals surface area contributed by atoms with Crippen molar-refractivity contribution in [3.8, 4) is 11.5 Å². The molecule has 1 unspecified atom stereocenters. The molecule has 1 rings (SSSR count). The van der Waals surface area contributed by atoms with Crippen molar-refractivity contribution in [1.82, 2.24) is 0 Å². The number of benzene rings is 1. The summed E-state index contributed by atoms with van der Waals surface area (Å²) in [6, 6.07) is 3.16. The zero-order valence-corrected chi connectivity index (χ0v) is 11.5. The lowest BCUT2D eigenvalue weighted by Crippen LogP contribution is -2.20. The molecular weight excluding hydrogens is 277 g/mol. The molecule has 7 heteroatoms. The molecule has 0 aliphatic carbocycles. The predicted molar refractivity (Wildman–Crippen MR) is 66.1 cm³/mol. The van der Waals surface area contributed by atoms with Crippen molar-refractivity contribution in [2.75, 3.05) is 27.4 Å². The van der Waals surface area contributed by atoms with Gasteiger partial charge in [0.15, 0.2) is 11.5 Å². The van der Waals surface area contributed by atoms with Gasteiger partial charge in [0.2, 0.25) is 0 Å². The minimum atomic E-state index is -4.41. The summed E-state index contributed by atoms with van der Waals surface area (Å²) < 4.78 is 50.5. The van der Waals surface area contributed by atoms with Gasteiger partial charge in [-0.1, -0.05) is 0 Å². The van der Waals surface area contributed by atoms with Crippen LogP contribution in [-0.2, 0) is 4.74 Å². The van der Waals surface area contributed by atoms with Gasteiger partial charge in [0.25, 0.3) is 0 Å². The molecule has 20 heavy (non-hydrogen) atoms. The number of hydrogen-bond acceptors (Lipinski definition) is 4. The average Bonchev–Trinajstić information content (AvgIpc) is 2.36. The van der Waals surface area contributed by atoms with E-state index in [1.54, 1.807) is 13.0 Å². The van der Waals surface area contributed by atoms with Crippen LogP contribution in [0.4, 0.5) is 13.2 Å². The molecule has 0 aliphatic rings. The van der Waals surface area contributed by atoms with E-state index in [0.29, 0.717) is 22.6 Å². The van der Waals surface area contributed by atoms with Gasteiger partial charge in [0.05, 0.1) is 20.8 Å². The van der Waals surface area contributed by atoms with E-state index in [9.17, 15) is 18.3 Å². The minimum absolute atomic E-state index is 0.392. The van der Waals surface area contributed by atoms with E-state index in [1.807, 2.05) is 0 Å². The van der Waals surface area contributed by atoms with Crippen molar-refractivity contribution >= 4 is 0 Å². The van der Waals surface area contributed by atoms with Crippen LogP contribution in [-0.4, -0.2) is 38.7 Å². The fourth-order valence-corrected chi connectivity index (χ4v) is 1.73. The summed E-state index contributed by atoms with van der Waals surface area (Å²) >= 11 is 0. The van der Waals surface area contributed by atoms with Crippen molar-refractivity contribution < 1.29 is 32.5 Å². The second kappa shape index (κ2) is 6.81. The summed E-state index contributed by atoms with van der Waals surface area (Å²) in [6.45, 7) is -0.128. The van der Waals surface area contributed by atoms with Crippen LogP contribution in [0.25, 0.3) is 0 Å². The predicted octanol–water partition coefficient (Wildman–Crippen LogP) is 2.62. The number of aliphatic hydroxyl groups is 1. The maximum Gasteiger partial charge on any atom is 0.411 e. The number of methoxy groups -OCH3 is 2. The summed E-state index contributed by atoms with van der Waals surface area (Å²) in [5.74, 6) is 0.875. The first-order valence-corrected chi connectivity index (χ1v) is 5.83. The molecule has 0 bridgehead atoms. The molecule has 0 saturated carbocycles. The lowest BCUT2D eigenvalue weighted by molar-refractivity contribution is -0.179. The number of aryl methyl sites for hydroxylation is 1. The van der Waals surface area contributed by atoms with Crippen molar-refractivity contribution in [2.24, 2.45) is 0 Å². The molecule has 1 aromatic rings. The second-order valence-electron chi connectivity index (χ2n) is 4.21. The third-order valence-corrected chi connectivity index (χ3v) is 2.67. The van der Waals surface area contributed by atoms with E-state index in [-0.39, 0.29) is 0 Å². The standard InChI is InChI=1S/C13H17F3O4/c1-8-4-11(18-2)12(19-3)5-9(8)10(17)6-20-7-13(14,15)16/h4-5,10,17H,6-7H2,1-3H3. The number of rotatable bonds is 6. The summed E-state index contributed by atoms with van der Waals surface area (Å²) in [6.07, 6.45) is -5.58. The van der Waals surface area contributed by atoms with Gasteiger partial charge in [-0.25, -0.2) is 0 Å². The summed E-state index contributed by atoms with van der Waals surface area (Å²) in [4.78, 5) is 0. The monoisotopic (exact) mass is 294 g/mol. The van der Waals surface area contributed by atoms with Gasteiger partial charge < -0.3 is 19.3 Å². The quantitative estimate of drug-likeness (QED) is 0.876. The van der Waals surface area contributed by atoms with Crippen molar-refractivity contribution in [1.29, 1.82) is 0 Å². The topological polar surface area (TPSA) is 47.9 Å². The van der Waals surface area contributed by atoms with Gasteiger partial charge in [-0.3, -0.25) is 0 Å². The Balaban J connectivity index is 2.79. The highest BCUT2D eigenvalue weighted by molar-refractivity contribution is 5.47. The molecule has 0 amide bonds. The Labute approximate surface area is 115 Å². The van der Waals surface area contributed by atoms with Crippen LogP contribution in [0.15, 0.2) is 12.1 Å². The van der Waals surface area contributed by atoms with E-state index < -0.39 is 25.5 Å². The Morgan fingerprint density at radius 1 is 1.15 bits per heavy atom. The Morgan fingerprint density at radius 2 is 1.70 bits per heavy atom. The van der Waals surface area contributed by atoms with E-state index in [2.05, 4.69) is 4.74 Å². The zero-order chi connectivity index (χ0) is 15.3. The highest BCUT2D eigenvalue weighted by atomic mass is 19.4. The van der Waals surface area contributed by atoms with Crippen molar-refractivity contribution in [3.05, 3.63) is 23.3 Å². The van der Waals surface area contributed by atoms with Gasteiger partial charge in [0, 0.05) is 0 Å². The maximum atomic E-state index is 12.0. The van der Waals surface area contributed by atoms with Crippen LogP contribution in [0.2, 0.25) is 0 Å². The molecule has 114 valence electrons. The molecule has 0 spiro atoms. The highest BCUT2D eigenvalue weighted by Crippen LogP contribution is 2.33. The summed E-state index contributed by atoms with van der Waals surface area (Å²) in [5, 5.41) is 9.89. The van der Waals surface area contributed by atoms with E-state index in [4.69, 9.17) is 9.47 Å². The van der Waals surface area contributed by atoms with Crippen molar-refractivity contribution in [2.45, 2.75) is 19.2 Å². The van der Waals surface area contributed by atoms with Gasteiger partial charge in [-0.05, 0) is 30.2 Å².